The number of amides is 1. The van der Waals surface area contributed by atoms with Crippen LogP contribution in [0.5, 0.6) is 0 Å². The zero-order chi connectivity index (χ0) is 13.1. The number of hydrogen-bond donors (Lipinski definition) is 3. The second-order valence-electron chi connectivity index (χ2n) is 3.76. The molecule has 0 aliphatic heterocycles. The van der Waals surface area contributed by atoms with E-state index in [0.29, 0.717) is 11.5 Å². The van der Waals surface area contributed by atoms with Crippen LogP contribution in [0.4, 0.5) is 10.8 Å². The average Bonchev–Trinajstić information content (AvgIpc) is 2.69. The Labute approximate surface area is 108 Å². The number of carbonyl (C=O) groups excluding carboxylic acids is 1. The molecule has 18 heavy (non-hydrogen) atoms. The summed E-state index contributed by atoms with van der Waals surface area (Å²) < 4.78 is 3.91. The van der Waals surface area contributed by atoms with Crippen molar-refractivity contribution in [3.05, 3.63) is 35.2 Å². The summed E-state index contributed by atoms with van der Waals surface area (Å²) in [6.07, 6.45) is 1.72. The quantitative estimate of drug-likeness (QED) is 0.766. The average molecular weight is 263 g/mol. The normalized spacial score (nSPS) is 10.3. The first-order valence-electron chi connectivity index (χ1n) is 5.29. The Hall–Kier alpha value is -2.15. The molecular weight excluding hydrogens is 250 g/mol. The summed E-state index contributed by atoms with van der Waals surface area (Å²) >= 11 is 1.11. The zero-order valence-corrected chi connectivity index (χ0v) is 10.6. The Bertz CT molecular complexity index is 581. The van der Waals surface area contributed by atoms with E-state index in [1.54, 1.807) is 6.20 Å². The molecule has 0 aliphatic rings. The number of carbonyl (C=O) groups is 1. The van der Waals surface area contributed by atoms with Crippen LogP contribution in [0, 0.1) is 6.92 Å². The van der Waals surface area contributed by atoms with Gasteiger partial charge in [-0.15, -0.1) is 0 Å². The van der Waals surface area contributed by atoms with Gasteiger partial charge in [-0.1, -0.05) is 6.07 Å². The van der Waals surface area contributed by atoms with E-state index in [-0.39, 0.29) is 11.4 Å². The van der Waals surface area contributed by atoms with Crippen LogP contribution in [0.15, 0.2) is 18.3 Å². The second-order valence-corrected chi connectivity index (χ2v) is 4.53. The smallest absolute Gasteiger partial charge is 0.255 e. The predicted molar refractivity (Wildman–Crippen MR) is 71.3 cm³/mol. The van der Waals surface area contributed by atoms with Crippen LogP contribution >= 0.6 is 11.5 Å². The van der Waals surface area contributed by atoms with Gasteiger partial charge >= 0.3 is 0 Å². The zero-order valence-electron chi connectivity index (χ0n) is 9.80. The first-order valence-corrected chi connectivity index (χ1v) is 6.06. The molecule has 0 aliphatic carbocycles. The number of nitrogens with zero attached hydrogens (tertiary/aromatic N) is 2. The van der Waals surface area contributed by atoms with E-state index < -0.39 is 5.91 Å². The molecule has 2 rings (SSSR count). The number of rotatable bonds is 4. The number of nitrogens with one attached hydrogen (secondary N) is 1. The van der Waals surface area contributed by atoms with Gasteiger partial charge in [0.25, 0.3) is 5.91 Å². The molecule has 0 fully saturated rings. The fraction of sp³-hybridized carbons (Fsp3) is 0.182. The fourth-order valence-electron chi connectivity index (χ4n) is 1.53. The molecule has 6 nitrogen and oxygen atoms in total. The number of aryl methyl sites for hydroxylation is 1. The summed E-state index contributed by atoms with van der Waals surface area (Å²) in [4.78, 5) is 15.5. The molecule has 0 spiro atoms. The van der Waals surface area contributed by atoms with Crippen LogP contribution < -0.4 is 16.8 Å². The lowest BCUT2D eigenvalue weighted by atomic mass is 10.2. The van der Waals surface area contributed by atoms with Gasteiger partial charge in [0, 0.05) is 6.20 Å². The van der Waals surface area contributed by atoms with E-state index in [1.807, 2.05) is 19.1 Å². The maximum atomic E-state index is 11.2. The Morgan fingerprint density at radius 3 is 3.00 bits per heavy atom. The third kappa shape index (κ3) is 2.40. The van der Waals surface area contributed by atoms with Gasteiger partial charge in [0.05, 0.1) is 12.2 Å². The number of anilines is 2. The molecule has 2 aromatic rings. The van der Waals surface area contributed by atoms with Crippen LogP contribution in [0.2, 0.25) is 0 Å². The highest BCUT2D eigenvalue weighted by molar-refractivity contribution is 7.11. The minimum atomic E-state index is -0.582. The minimum Gasteiger partial charge on any atom is -0.382 e. The molecule has 0 unspecified atom stereocenters. The van der Waals surface area contributed by atoms with E-state index in [1.165, 1.54) is 0 Å². The highest BCUT2D eigenvalue weighted by Crippen LogP contribution is 2.26. The minimum absolute atomic E-state index is 0.160. The molecule has 0 bridgehead atoms. The van der Waals surface area contributed by atoms with Gasteiger partial charge in [-0.3, -0.25) is 9.78 Å². The third-order valence-corrected chi connectivity index (χ3v) is 3.32. The van der Waals surface area contributed by atoms with Gasteiger partial charge in [-0.25, -0.2) is 0 Å². The Balaban J connectivity index is 2.16. The SMILES string of the molecule is Cc1cccnc1CNc1snc(N)c1C(N)=O. The van der Waals surface area contributed by atoms with Gasteiger partial charge in [0.1, 0.15) is 10.6 Å². The van der Waals surface area contributed by atoms with E-state index in [0.717, 1.165) is 22.8 Å². The van der Waals surface area contributed by atoms with E-state index in [2.05, 4.69) is 14.7 Å². The van der Waals surface area contributed by atoms with Crippen molar-refractivity contribution in [3.8, 4) is 0 Å². The maximum Gasteiger partial charge on any atom is 0.255 e. The fourth-order valence-corrected chi connectivity index (χ4v) is 2.24. The van der Waals surface area contributed by atoms with Gasteiger partial charge in [0.15, 0.2) is 5.82 Å². The van der Waals surface area contributed by atoms with Crippen molar-refractivity contribution in [1.82, 2.24) is 9.36 Å². The monoisotopic (exact) mass is 263 g/mol. The third-order valence-electron chi connectivity index (χ3n) is 2.50. The van der Waals surface area contributed by atoms with Crippen molar-refractivity contribution >= 4 is 28.3 Å². The lowest BCUT2D eigenvalue weighted by molar-refractivity contribution is 0.100. The standard InChI is InChI=1S/C11H13N5OS/c1-6-3-2-4-14-7(6)5-15-11-8(10(13)17)9(12)16-18-11/h2-4,15H,5H2,1H3,(H2,12,16)(H2,13,17). The summed E-state index contributed by atoms with van der Waals surface area (Å²) in [7, 11) is 0. The molecule has 5 N–H and O–H groups in total. The highest BCUT2D eigenvalue weighted by Gasteiger charge is 2.16. The number of nitrogens with two attached hydrogens (primary N) is 2. The summed E-state index contributed by atoms with van der Waals surface area (Å²) in [5.74, 6) is -0.422. The predicted octanol–water partition coefficient (Wildman–Crippen LogP) is 1.14. The molecule has 2 aromatic heterocycles. The molecule has 0 saturated carbocycles. The molecule has 0 radical (unpaired) electrons. The van der Waals surface area contributed by atoms with E-state index >= 15 is 0 Å². The lowest BCUT2D eigenvalue weighted by Gasteiger charge is -2.06. The summed E-state index contributed by atoms with van der Waals surface area (Å²) in [5, 5.41) is 3.66. The topological polar surface area (TPSA) is 107 Å². The largest absolute Gasteiger partial charge is 0.382 e. The Morgan fingerprint density at radius 1 is 1.56 bits per heavy atom. The van der Waals surface area contributed by atoms with E-state index in [4.69, 9.17) is 11.5 Å². The molecule has 0 aromatic carbocycles. The van der Waals surface area contributed by atoms with Crippen molar-refractivity contribution in [2.45, 2.75) is 13.5 Å². The molecule has 1 amide bonds. The van der Waals surface area contributed by atoms with Gasteiger partial charge in [0.2, 0.25) is 0 Å². The number of nitrogen functional groups attached to an aromatic ring is 1. The first-order chi connectivity index (χ1) is 8.59. The second kappa shape index (κ2) is 5.01. The lowest BCUT2D eigenvalue weighted by Crippen LogP contribution is -2.15. The first kappa shape index (κ1) is 12.3. The summed E-state index contributed by atoms with van der Waals surface area (Å²) in [6.45, 7) is 2.47. The van der Waals surface area contributed by atoms with Crippen molar-refractivity contribution < 1.29 is 4.79 Å². The number of pyridine rings is 1. The number of hydrogen-bond acceptors (Lipinski definition) is 6. The molecule has 94 valence electrons. The van der Waals surface area contributed by atoms with Crippen molar-refractivity contribution in [2.24, 2.45) is 5.73 Å². The Morgan fingerprint density at radius 2 is 2.33 bits per heavy atom. The number of aromatic nitrogens is 2. The summed E-state index contributed by atoms with van der Waals surface area (Å²) in [6, 6.07) is 3.85. The summed E-state index contributed by atoms with van der Waals surface area (Å²) in [5.41, 5.74) is 13.1. The van der Waals surface area contributed by atoms with Crippen molar-refractivity contribution in [1.29, 1.82) is 0 Å². The van der Waals surface area contributed by atoms with Crippen LogP contribution in [0.1, 0.15) is 21.6 Å². The van der Waals surface area contributed by atoms with Gasteiger partial charge < -0.3 is 16.8 Å². The van der Waals surface area contributed by atoms with Crippen LogP contribution in [-0.4, -0.2) is 15.3 Å². The van der Waals surface area contributed by atoms with Crippen molar-refractivity contribution in [2.75, 3.05) is 11.1 Å². The molecule has 2 heterocycles. The van der Waals surface area contributed by atoms with Gasteiger partial charge in [-0.05, 0) is 30.1 Å². The molecule has 0 atom stereocenters. The van der Waals surface area contributed by atoms with Crippen molar-refractivity contribution in [3.63, 3.8) is 0 Å². The molecule has 7 heteroatoms. The van der Waals surface area contributed by atoms with Crippen LogP contribution in [0.25, 0.3) is 0 Å². The van der Waals surface area contributed by atoms with Crippen LogP contribution in [0.3, 0.4) is 0 Å². The highest BCUT2D eigenvalue weighted by atomic mass is 32.1. The Kier molecular flexibility index (Phi) is 3.42. The van der Waals surface area contributed by atoms with Gasteiger partial charge in [-0.2, -0.15) is 4.37 Å². The van der Waals surface area contributed by atoms with E-state index in [9.17, 15) is 4.79 Å². The van der Waals surface area contributed by atoms with Crippen LogP contribution in [-0.2, 0) is 6.54 Å². The maximum absolute atomic E-state index is 11.2. The molecule has 0 saturated heterocycles. The number of primary amides is 1. The molecular formula is C11H13N5OS.